The Labute approximate surface area is 115 Å². The number of anilines is 1. The van der Waals surface area contributed by atoms with E-state index >= 15 is 0 Å². The van der Waals surface area contributed by atoms with Crippen LogP contribution in [0.1, 0.15) is 37.1 Å². The van der Waals surface area contributed by atoms with E-state index in [4.69, 9.17) is 5.73 Å². The van der Waals surface area contributed by atoms with Gasteiger partial charge in [-0.05, 0) is 50.0 Å². The zero-order chi connectivity index (χ0) is 13.4. The van der Waals surface area contributed by atoms with Crippen molar-refractivity contribution in [2.75, 3.05) is 18.5 Å². The van der Waals surface area contributed by atoms with Crippen LogP contribution in [0.5, 0.6) is 0 Å². The highest BCUT2D eigenvalue weighted by Crippen LogP contribution is 2.48. The quantitative estimate of drug-likeness (QED) is 0.901. The highest BCUT2D eigenvalue weighted by Gasteiger charge is 2.39. The van der Waals surface area contributed by atoms with Gasteiger partial charge in [-0.1, -0.05) is 6.42 Å². The third kappa shape index (κ3) is 2.59. The molecule has 3 rings (SSSR count). The number of rotatable bonds is 4. The summed E-state index contributed by atoms with van der Waals surface area (Å²) in [6, 6.07) is 1.97. The summed E-state index contributed by atoms with van der Waals surface area (Å²) in [6.07, 6.45) is 5.76. The van der Waals surface area contributed by atoms with E-state index in [9.17, 15) is 0 Å². The summed E-state index contributed by atoms with van der Waals surface area (Å²) in [7, 11) is 2.11. The summed E-state index contributed by atoms with van der Waals surface area (Å²) in [5.74, 6) is 3.63. The highest BCUT2D eigenvalue weighted by molar-refractivity contribution is 5.31. The lowest BCUT2D eigenvalue weighted by atomic mass is 9.88. The largest absolute Gasteiger partial charge is 0.344 e. The number of nitrogens with zero attached hydrogens (tertiary/aromatic N) is 3. The van der Waals surface area contributed by atoms with Gasteiger partial charge in [-0.15, -0.1) is 0 Å². The third-order valence-corrected chi connectivity index (χ3v) is 4.84. The first-order valence-electron chi connectivity index (χ1n) is 7.41. The van der Waals surface area contributed by atoms with Crippen LogP contribution in [0.4, 0.5) is 5.95 Å². The Morgan fingerprint density at radius 1 is 1.32 bits per heavy atom. The molecule has 2 aliphatic carbocycles. The normalized spacial score (nSPS) is 28.9. The molecule has 19 heavy (non-hydrogen) atoms. The average molecular weight is 260 g/mol. The summed E-state index contributed by atoms with van der Waals surface area (Å²) in [4.78, 5) is 11.3. The van der Waals surface area contributed by atoms with Gasteiger partial charge in [0.2, 0.25) is 5.95 Å². The van der Waals surface area contributed by atoms with Crippen molar-refractivity contribution < 1.29 is 0 Å². The van der Waals surface area contributed by atoms with Gasteiger partial charge in [0, 0.05) is 25.8 Å². The average Bonchev–Trinajstić information content (AvgIpc) is 3.00. The fraction of sp³-hybridized carbons (Fsp3) is 0.733. The van der Waals surface area contributed by atoms with E-state index in [-0.39, 0.29) is 0 Å². The molecule has 2 fully saturated rings. The standard InChI is InChI=1S/C15H24N4/c1-10-5-14(8-16)18-15(17-10)19(2)9-13-7-11-3-4-12(13)6-11/h5,11-13H,3-4,6-9,16H2,1-2H3. The van der Waals surface area contributed by atoms with E-state index < -0.39 is 0 Å². The van der Waals surface area contributed by atoms with Gasteiger partial charge in [-0.25, -0.2) is 9.97 Å². The minimum Gasteiger partial charge on any atom is -0.344 e. The van der Waals surface area contributed by atoms with E-state index in [0.717, 1.165) is 41.6 Å². The number of aryl methyl sites for hydroxylation is 1. The Balaban J connectivity index is 1.70. The van der Waals surface area contributed by atoms with Crippen LogP contribution in [0.3, 0.4) is 0 Å². The van der Waals surface area contributed by atoms with Crippen molar-refractivity contribution in [2.24, 2.45) is 23.5 Å². The molecule has 0 radical (unpaired) electrons. The minimum atomic E-state index is 0.484. The minimum absolute atomic E-state index is 0.484. The molecule has 2 bridgehead atoms. The Hall–Kier alpha value is -1.16. The topological polar surface area (TPSA) is 55.0 Å². The molecule has 0 spiro atoms. The maximum Gasteiger partial charge on any atom is 0.225 e. The molecule has 1 aromatic rings. The van der Waals surface area contributed by atoms with E-state index in [2.05, 4.69) is 21.9 Å². The van der Waals surface area contributed by atoms with Crippen molar-refractivity contribution in [2.45, 2.75) is 39.2 Å². The molecule has 104 valence electrons. The van der Waals surface area contributed by atoms with Gasteiger partial charge in [-0.2, -0.15) is 0 Å². The molecule has 1 heterocycles. The number of aromatic nitrogens is 2. The first-order valence-corrected chi connectivity index (χ1v) is 7.41. The molecule has 0 amide bonds. The molecular formula is C15H24N4. The lowest BCUT2D eigenvalue weighted by Crippen LogP contribution is -2.30. The zero-order valence-corrected chi connectivity index (χ0v) is 12.0. The van der Waals surface area contributed by atoms with Crippen LogP contribution in [0.15, 0.2) is 6.07 Å². The molecule has 0 aromatic carbocycles. The monoisotopic (exact) mass is 260 g/mol. The van der Waals surface area contributed by atoms with Crippen LogP contribution >= 0.6 is 0 Å². The predicted molar refractivity (Wildman–Crippen MR) is 76.9 cm³/mol. The molecule has 1 aromatic heterocycles. The van der Waals surface area contributed by atoms with Crippen molar-refractivity contribution in [3.8, 4) is 0 Å². The van der Waals surface area contributed by atoms with Crippen molar-refractivity contribution in [1.82, 2.24) is 9.97 Å². The molecule has 0 aliphatic heterocycles. The van der Waals surface area contributed by atoms with E-state index in [1.54, 1.807) is 0 Å². The SMILES string of the molecule is Cc1cc(CN)nc(N(C)CC2CC3CCC2C3)n1. The predicted octanol–water partition coefficient (Wildman–Crippen LogP) is 2.12. The molecule has 3 unspecified atom stereocenters. The van der Waals surface area contributed by atoms with Gasteiger partial charge >= 0.3 is 0 Å². The van der Waals surface area contributed by atoms with Gasteiger partial charge in [0.15, 0.2) is 0 Å². The number of hydrogen-bond donors (Lipinski definition) is 1. The molecule has 4 heteroatoms. The van der Waals surface area contributed by atoms with E-state index in [1.165, 1.54) is 25.7 Å². The Kier molecular flexibility index (Phi) is 3.44. The summed E-state index contributed by atoms with van der Waals surface area (Å²) >= 11 is 0. The van der Waals surface area contributed by atoms with Crippen LogP contribution in [0.2, 0.25) is 0 Å². The molecule has 2 aliphatic rings. The van der Waals surface area contributed by atoms with E-state index in [0.29, 0.717) is 6.54 Å². The third-order valence-electron chi connectivity index (χ3n) is 4.84. The second-order valence-corrected chi connectivity index (χ2v) is 6.32. The fourth-order valence-electron chi connectivity index (χ4n) is 3.93. The number of fused-ring (bicyclic) bond motifs is 2. The first kappa shape index (κ1) is 12.9. The van der Waals surface area contributed by atoms with Crippen LogP contribution in [0.25, 0.3) is 0 Å². The summed E-state index contributed by atoms with van der Waals surface area (Å²) in [6.45, 7) is 3.59. The van der Waals surface area contributed by atoms with Crippen molar-refractivity contribution >= 4 is 5.95 Å². The number of hydrogen-bond acceptors (Lipinski definition) is 4. The van der Waals surface area contributed by atoms with Crippen LogP contribution in [-0.4, -0.2) is 23.6 Å². The molecule has 4 nitrogen and oxygen atoms in total. The van der Waals surface area contributed by atoms with Crippen LogP contribution in [0, 0.1) is 24.7 Å². The van der Waals surface area contributed by atoms with Crippen LogP contribution < -0.4 is 10.6 Å². The number of nitrogens with two attached hydrogens (primary N) is 1. The Morgan fingerprint density at radius 2 is 2.16 bits per heavy atom. The van der Waals surface area contributed by atoms with Gasteiger partial charge < -0.3 is 10.6 Å². The smallest absolute Gasteiger partial charge is 0.225 e. The lowest BCUT2D eigenvalue weighted by molar-refractivity contribution is 0.336. The summed E-state index contributed by atoms with van der Waals surface area (Å²) in [5.41, 5.74) is 7.63. The van der Waals surface area contributed by atoms with Gasteiger partial charge in [0.1, 0.15) is 0 Å². The summed E-state index contributed by atoms with van der Waals surface area (Å²) < 4.78 is 0. The zero-order valence-electron chi connectivity index (χ0n) is 12.0. The molecule has 0 saturated heterocycles. The fourth-order valence-corrected chi connectivity index (χ4v) is 3.93. The molecular weight excluding hydrogens is 236 g/mol. The molecule has 2 N–H and O–H groups in total. The van der Waals surface area contributed by atoms with Crippen LogP contribution in [-0.2, 0) is 6.54 Å². The lowest BCUT2D eigenvalue weighted by Gasteiger charge is -2.27. The van der Waals surface area contributed by atoms with E-state index in [1.807, 2.05) is 13.0 Å². The summed E-state index contributed by atoms with van der Waals surface area (Å²) in [5, 5.41) is 0. The van der Waals surface area contributed by atoms with Crippen molar-refractivity contribution in [3.63, 3.8) is 0 Å². The van der Waals surface area contributed by atoms with Gasteiger partial charge in [0.05, 0.1) is 5.69 Å². The second kappa shape index (κ2) is 5.08. The van der Waals surface area contributed by atoms with Crippen molar-refractivity contribution in [3.05, 3.63) is 17.5 Å². The maximum absolute atomic E-state index is 5.69. The highest BCUT2D eigenvalue weighted by atomic mass is 15.2. The second-order valence-electron chi connectivity index (χ2n) is 6.32. The van der Waals surface area contributed by atoms with Crippen molar-refractivity contribution in [1.29, 1.82) is 0 Å². The Morgan fingerprint density at radius 3 is 2.79 bits per heavy atom. The van der Waals surface area contributed by atoms with Gasteiger partial charge in [0.25, 0.3) is 0 Å². The molecule has 2 saturated carbocycles. The van der Waals surface area contributed by atoms with Gasteiger partial charge in [-0.3, -0.25) is 0 Å². The molecule has 3 atom stereocenters. The maximum atomic E-state index is 5.69. The Bertz CT molecular complexity index is 459. The first-order chi connectivity index (χ1) is 9.15.